The van der Waals surface area contributed by atoms with Gasteiger partial charge in [-0.05, 0) is 57.6 Å². The summed E-state index contributed by atoms with van der Waals surface area (Å²) in [6.07, 6.45) is 0. The molecule has 0 amide bonds. The van der Waals surface area contributed by atoms with Crippen LogP contribution in [0.2, 0.25) is 0 Å². The van der Waals surface area contributed by atoms with Gasteiger partial charge in [0.25, 0.3) is 0 Å². The Morgan fingerprint density at radius 2 is 1.05 bits per heavy atom. The molecule has 0 bridgehead atoms. The van der Waals surface area contributed by atoms with Crippen molar-refractivity contribution < 1.29 is 18.5 Å². The number of para-hydroxylation sites is 1. The standard InChI is InChI=1S/C34H31O4P/c1-25(27-12-6-3-7-13-27)30-20-23-33(34(24-30)26(2)28-14-8-4-9-15-28)29-18-21-32(22-19-29)38-39(35,36)37-31-16-10-5-11-17-31/h3-26H,1-2H3,(H,35,36). The summed E-state index contributed by atoms with van der Waals surface area (Å²) in [4.78, 5) is 10.2. The van der Waals surface area contributed by atoms with Crippen molar-refractivity contribution in [3.63, 3.8) is 0 Å². The third-order valence-corrected chi connectivity index (χ3v) is 7.87. The van der Waals surface area contributed by atoms with Crippen molar-refractivity contribution in [1.82, 2.24) is 0 Å². The van der Waals surface area contributed by atoms with Crippen molar-refractivity contribution in [1.29, 1.82) is 0 Å². The number of phosphoric ester groups is 1. The Labute approximate surface area is 230 Å². The molecule has 0 aliphatic heterocycles. The van der Waals surface area contributed by atoms with Crippen LogP contribution in [0.3, 0.4) is 0 Å². The molecule has 0 aromatic heterocycles. The zero-order valence-electron chi connectivity index (χ0n) is 22.0. The van der Waals surface area contributed by atoms with Gasteiger partial charge in [0.2, 0.25) is 0 Å². The average Bonchev–Trinajstić information content (AvgIpc) is 2.97. The largest absolute Gasteiger partial charge is 0.584 e. The van der Waals surface area contributed by atoms with E-state index in [9.17, 15) is 9.46 Å². The molecule has 0 aliphatic carbocycles. The van der Waals surface area contributed by atoms with E-state index in [1.807, 2.05) is 24.3 Å². The van der Waals surface area contributed by atoms with Crippen LogP contribution in [0.4, 0.5) is 0 Å². The second kappa shape index (κ2) is 11.7. The Balaban J connectivity index is 1.45. The van der Waals surface area contributed by atoms with E-state index in [0.29, 0.717) is 0 Å². The molecule has 1 N–H and O–H groups in total. The molecule has 0 spiro atoms. The average molecular weight is 535 g/mol. The molecular weight excluding hydrogens is 503 g/mol. The molecule has 0 saturated carbocycles. The van der Waals surface area contributed by atoms with Crippen LogP contribution in [-0.4, -0.2) is 4.89 Å². The molecule has 0 heterocycles. The quantitative estimate of drug-likeness (QED) is 0.192. The van der Waals surface area contributed by atoms with Gasteiger partial charge in [-0.15, -0.1) is 0 Å². The highest BCUT2D eigenvalue weighted by atomic mass is 31.2. The van der Waals surface area contributed by atoms with Crippen LogP contribution in [0.15, 0.2) is 133 Å². The molecule has 5 aromatic carbocycles. The molecule has 0 aliphatic rings. The summed E-state index contributed by atoms with van der Waals surface area (Å²) in [6.45, 7) is 4.46. The number of benzene rings is 5. The number of hydrogen-bond acceptors (Lipinski definition) is 3. The molecule has 5 heteroatoms. The summed E-state index contributed by atoms with van der Waals surface area (Å²) < 4.78 is 23.1. The minimum Gasteiger partial charge on any atom is -0.395 e. The van der Waals surface area contributed by atoms with Crippen molar-refractivity contribution in [2.45, 2.75) is 25.7 Å². The lowest BCUT2D eigenvalue weighted by molar-refractivity contribution is 0.291. The van der Waals surface area contributed by atoms with Gasteiger partial charge >= 0.3 is 7.82 Å². The van der Waals surface area contributed by atoms with E-state index >= 15 is 0 Å². The highest BCUT2D eigenvalue weighted by Crippen LogP contribution is 2.45. The molecule has 4 nitrogen and oxygen atoms in total. The van der Waals surface area contributed by atoms with Crippen LogP contribution in [0.1, 0.15) is 47.9 Å². The minimum atomic E-state index is -4.34. The Morgan fingerprint density at radius 3 is 1.62 bits per heavy atom. The summed E-state index contributed by atoms with van der Waals surface area (Å²) in [5.74, 6) is 0.940. The topological polar surface area (TPSA) is 55.8 Å². The summed E-state index contributed by atoms with van der Waals surface area (Å²) in [5.41, 5.74) is 7.08. The second-order valence-corrected chi connectivity index (χ2v) is 10.9. The highest BCUT2D eigenvalue weighted by molar-refractivity contribution is 7.48. The van der Waals surface area contributed by atoms with Gasteiger partial charge in [-0.25, -0.2) is 4.57 Å². The van der Waals surface area contributed by atoms with Gasteiger partial charge in [-0.3, -0.25) is 4.89 Å². The maximum atomic E-state index is 12.5. The molecule has 0 saturated heterocycles. The molecule has 5 aromatic rings. The zero-order chi connectivity index (χ0) is 27.2. The third kappa shape index (κ3) is 6.49. The van der Waals surface area contributed by atoms with E-state index in [1.54, 1.807) is 42.5 Å². The predicted octanol–water partition coefficient (Wildman–Crippen LogP) is 9.22. The predicted molar refractivity (Wildman–Crippen MR) is 157 cm³/mol. The van der Waals surface area contributed by atoms with Gasteiger partial charge in [0, 0.05) is 11.8 Å². The molecule has 39 heavy (non-hydrogen) atoms. The zero-order valence-corrected chi connectivity index (χ0v) is 22.9. The maximum absolute atomic E-state index is 12.5. The van der Waals surface area contributed by atoms with Crippen molar-refractivity contribution in [3.8, 4) is 22.6 Å². The second-order valence-electron chi connectivity index (χ2n) is 9.60. The van der Waals surface area contributed by atoms with Gasteiger partial charge < -0.3 is 9.05 Å². The fourth-order valence-corrected chi connectivity index (χ4v) is 5.60. The normalized spacial score (nSPS) is 14.1. The Morgan fingerprint density at radius 1 is 0.564 bits per heavy atom. The van der Waals surface area contributed by atoms with Crippen molar-refractivity contribution in [2.75, 3.05) is 0 Å². The van der Waals surface area contributed by atoms with Crippen LogP contribution >= 0.6 is 7.82 Å². The van der Waals surface area contributed by atoms with Gasteiger partial charge in [-0.1, -0.05) is 123 Å². The number of phosphoric acid groups is 1. The lowest BCUT2D eigenvalue weighted by Gasteiger charge is -2.21. The summed E-state index contributed by atoms with van der Waals surface area (Å²) in [7, 11) is -4.34. The van der Waals surface area contributed by atoms with Crippen LogP contribution in [-0.2, 0) is 4.57 Å². The van der Waals surface area contributed by atoms with E-state index in [1.165, 1.54) is 22.3 Å². The van der Waals surface area contributed by atoms with E-state index in [0.717, 1.165) is 11.1 Å². The lowest BCUT2D eigenvalue weighted by atomic mass is 9.83. The van der Waals surface area contributed by atoms with Crippen LogP contribution in [0.5, 0.6) is 11.5 Å². The fourth-order valence-electron chi connectivity index (χ4n) is 4.79. The molecule has 0 fully saturated rings. The van der Waals surface area contributed by atoms with Gasteiger partial charge in [0.05, 0.1) is 0 Å². The first-order valence-electron chi connectivity index (χ1n) is 13.0. The first-order valence-corrected chi connectivity index (χ1v) is 14.5. The maximum Gasteiger partial charge on any atom is 0.584 e. The van der Waals surface area contributed by atoms with Crippen molar-refractivity contribution >= 4 is 7.82 Å². The molecule has 3 atom stereocenters. The number of rotatable bonds is 9. The Kier molecular flexibility index (Phi) is 7.97. The van der Waals surface area contributed by atoms with Crippen molar-refractivity contribution in [3.05, 3.63) is 156 Å². The van der Waals surface area contributed by atoms with E-state index in [2.05, 4.69) is 80.6 Å². The highest BCUT2D eigenvalue weighted by Gasteiger charge is 2.25. The minimum absolute atomic E-state index is 0.164. The Bertz CT molecular complexity index is 1550. The van der Waals surface area contributed by atoms with Crippen LogP contribution in [0, 0.1) is 0 Å². The fraction of sp³-hybridized carbons (Fsp3) is 0.118. The smallest absolute Gasteiger partial charge is 0.395 e. The number of hydrogen-bond donors (Lipinski definition) is 1. The molecule has 3 unspecified atom stereocenters. The molecule has 5 rings (SSSR count). The van der Waals surface area contributed by atoms with Crippen LogP contribution < -0.4 is 9.05 Å². The van der Waals surface area contributed by atoms with Crippen LogP contribution in [0.25, 0.3) is 11.1 Å². The first kappa shape index (κ1) is 26.5. The first-order chi connectivity index (χ1) is 18.9. The summed E-state index contributed by atoms with van der Waals surface area (Å²) >= 11 is 0. The van der Waals surface area contributed by atoms with E-state index in [-0.39, 0.29) is 23.3 Å². The molecular formula is C34H31O4P. The van der Waals surface area contributed by atoms with E-state index < -0.39 is 7.82 Å². The summed E-state index contributed by atoms with van der Waals surface area (Å²) in [6, 6.07) is 43.4. The molecule has 196 valence electrons. The monoisotopic (exact) mass is 534 g/mol. The lowest BCUT2D eigenvalue weighted by Crippen LogP contribution is -2.03. The van der Waals surface area contributed by atoms with E-state index in [4.69, 9.17) is 9.05 Å². The Hall–Kier alpha value is -4.11. The van der Waals surface area contributed by atoms with Gasteiger partial charge in [0.15, 0.2) is 0 Å². The summed E-state index contributed by atoms with van der Waals surface area (Å²) in [5, 5.41) is 0. The van der Waals surface area contributed by atoms with Gasteiger partial charge in [0.1, 0.15) is 11.5 Å². The third-order valence-electron chi connectivity index (χ3n) is 6.99. The SMILES string of the molecule is CC(c1ccccc1)c1ccc(-c2ccc(OP(=O)(O)Oc3ccccc3)cc2)c(C(C)c2ccccc2)c1. The molecule has 0 radical (unpaired) electrons. The van der Waals surface area contributed by atoms with Gasteiger partial charge in [-0.2, -0.15) is 0 Å². The van der Waals surface area contributed by atoms with Crippen molar-refractivity contribution in [2.24, 2.45) is 0 Å².